The van der Waals surface area contributed by atoms with Gasteiger partial charge in [0.05, 0.1) is 12.2 Å². The molecule has 4 heteroatoms. The fraction of sp³-hybridized carbons (Fsp3) is 1.00. The van der Waals surface area contributed by atoms with Crippen molar-refractivity contribution in [1.29, 1.82) is 0 Å². The Bertz CT molecular complexity index is 91.7. The van der Waals surface area contributed by atoms with Crippen molar-refractivity contribution in [3.63, 3.8) is 0 Å². The number of hydrogen-bond acceptors (Lipinski definition) is 2. The summed E-state index contributed by atoms with van der Waals surface area (Å²) in [6.07, 6.45) is -0.899. The van der Waals surface area contributed by atoms with Gasteiger partial charge in [0.1, 0.15) is 13.3 Å². The molecule has 0 aromatic rings. The Labute approximate surface area is 58.6 Å². The number of hydrogen-bond donors (Lipinski definition) is 1. The molecule has 0 amide bonds. The van der Waals surface area contributed by atoms with Gasteiger partial charge >= 0.3 is 0 Å². The number of halogens is 2. The van der Waals surface area contributed by atoms with Crippen LogP contribution in [0.15, 0.2) is 0 Å². The van der Waals surface area contributed by atoms with E-state index in [1.807, 2.05) is 0 Å². The lowest BCUT2D eigenvalue weighted by molar-refractivity contribution is -0.0556. The molecule has 1 aliphatic rings. The van der Waals surface area contributed by atoms with E-state index < -0.39 is 25.6 Å². The highest BCUT2D eigenvalue weighted by Crippen LogP contribution is 2.04. The zero-order valence-electron chi connectivity index (χ0n) is 5.65. The van der Waals surface area contributed by atoms with Gasteiger partial charge in [0.25, 0.3) is 0 Å². The van der Waals surface area contributed by atoms with Crippen molar-refractivity contribution in [3.8, 4) is 0 Å². The van der Waals surface area contributed by atoms with Gasteiger partial charge in [-0.15, -0.1) is 0 Å². The second-order valence-electron chi connectivity index (χ2n) is 2.35. The number of morpholine rings is 1. The summed E-state index contributed by atoms with van der Waals surface area (Å²) >= 11 is 0. The van der Waals surface area contributed by atoms with Gasteiger partial charge in [-0.25, -0.2) is 8.78 Å². The minimum absolute atomic E-state index is 0.450. The molecule has 0 aromatic heterocycles. The van der Waals surface area contributed by atoms with E-state index in [0.717, 1.165) is 0 Å². The maximum atomic E-state index is 11.9. The second-order valence-corrected chi connectivity index (χ2v) is 2.35. The first-order valence-electron chi connectivity index (χ1n) is 3.35. The summed E-state index contributed by atoms with van der Waals surface area (Å²) in [5.74, 6) is 0. The van der Waals surface area contributed by atoms with Gasteiger partial charge in [0, 0.05) is 13.1 Å². The maximum absolute atomic E-state index is 11.9. The molecule has 1 heterocycles. The first-order valence-corrected chi connectivity index (χ1v) is 3.35. The summed E-state index contributed by atoms with van der Waals surface area (Å²) in [7, 11) is 0. The predicted molar refractivity (Wildman–Crippen MR) is 33.5 cm³/mol. The van der Waals surface area contributed by atoms with E-state index in [1.54, 1.807) is 0 Å². The largest absolute Gasteiger partial charge is 0.367 e. The van der Waals surface area contributed by atoms with Gasteiger partial charge in [-0.05, 0) is 0 Å². The third-order valence-electron chi connectivity index (χ3n) is 1.47. The Morgan fingerprint density at radius 3 is 2.10 bits per heavy atom. The average molecular weight is 151 g/mol. The Hall–Kier alpha value is -0.220. The summed E-state index contributed by atoms with van der Waals surface area (Å²) in [4.78, 5) is 0. The van der Waals surface area contributed by atoms with Crippen LogP contribution in [-0.2, 0) is 4.74 Å². The van der Waals surface area contributed by atoms with Crippen molar-refractivity contribution in [3.05, 3.63) is 0 Å². The minimum Gasteiger partial charge on any atom is -0.367 e. The highest BCUT2D eigenvalue weighted by atomic mass is 19.1. The molecule has 1 aliphatic heterocycles. The molecule has 0 unspecified atom stereocenters. The molecule has 0 aliphatic carbocycles. The fourth-order valence-electron chi connectivity index (χ4n) is 0.956. The molecule has 0 radical (unpaired) electrons. The van der Waals surface area contributed by atoms with Gasteiger partial charge in [0.15, 0.2) is 0 Å². The number of alkyl halides is 2. The second kappa shape index (κ2) is 3.83. The fourth-order valence-corrected chi connectivity index (χ4v) is 0.956. The highest BCUT2D eigenvalue weighted by molar-refractivity contribution is 4.72. The van der Waals surface area contributed by atoms with Crippen LogP contribution in [0.2, 0.25) is 0 Å². The SMILES string of the molecule is FC[C@H]1CNC[C@H](CF)O1. The lowest BCUT2D eigenvalue weighted by atomic mass is 10.2. The molecule has 0 spiro atoms. The van der Waals surface area contributed by atoms with Crippen molar-refractivity contribution in [2.24, 2.45) is 0 Å². The van der Waals surface area contributed by atoms with Crippen LogP contribution in [0, 0.1) is 0 Å². The average Bonchev–Trinajstić information content (AvgIpc) is 2.05. The van der Waals surface area contributed by atoms with E-state index in [1.165, 1.54) is 0 Å². The van der Waals surface area contributed by atoms with Gasteiger partial charge < -0.3 is 10.1 Å². The van der Waals surface area contributed by atoms with Crippen LogP contribution < -0.4 is 5.32 Å². The van der Waals surface area contributed by atoms with E-state index in [9.17, 15) is 8.78 Å². The third-order valence-corrected chi connectivity index (χ3v) is 1.47. The summed E-state index contributed by atoms with van der Waals surface area (Å²) < 4.78 is 28.8. The normalized spacial score (nSPS) is 34.2. The lowest BCUT2D eigenvalue weighted by Crippen LogP contribution is -2.46. The van der Waals surface area contributed by atoms with Crippen LogP contribution in [0.3, 0.4) is 0 Å². The standard InChI is InChI=1S/C6H11F2NO/c7-1-5-3-9-4-6(2-8)10-5/h5-6,9H,1-4H2/t5-,6-/m0/s1. The van der Waals surface area contributed by atoms with Crippen molar-refractivity contribution >= 4 is 0 Å². The molecule has 2 nitrogen and oxygen atoms in total. The van der Waals surface area contributed by atoms with Crippen LogP contribution in [0.4, 0.5) is 8.78 Å². The van der Waals surface area contributed by atoms with Gasteiger partial charge in [-0.3, -0.25) is 0 Å². The minimum atomic E-state index is -0.538. The molecule has 0 aromatic carbocycles. The molecule has 1 fully saturated rings. The Morgan fingerprint density at radius 2 is 1.70 bits per heavy atom. The maximum Gasteiger partial charge on any atom is 0.117 e. The summed E-state index contributed by atoms with van der Waals surface area (Å²) in [5.41, 5.74) is 0. The highest BCUT2D eigenvalue weighted by Gasteiger charge is 2.21. The molecule has 10 heavy (non-hydrogen) atoms. The van der Waals surface area contributed by atoms with Crippen molar-refractivity contribution in [2.45, 2.75) is 12.2 Å². The van der Waals surface area contributed by atoms with E-state index in [4.69, 9.17) is 4.74 Å². The summed E-state index contributed by atoms with van der Waals surface area (Å²) in [5, 5.41) is 2.88. The van der Waals surface area contributed by atoms with Crippen molar-refractivity contribution < 1.29 is 13.5 Å². The molecular formula is C6H11F2NO. The first kappa shape index (κ1) is 7.88. The Morgan fingerprint density at radius 1 is 1.20 bits per heavy atom. The van der Waals surface area contributed by atoms with Crippen LogP contribution in [0.1, 0.15) is 0 Å². The molecular weight excluding hydrogens is 140 g/mol. The number of rotatable bonds is 2. The van der Waals surface area contributed by atoms with Gasteiger partial charge in [-0.1, -0.05) is 0 Å². The predicted octanol–water partition coefficient (Wildman–Crippen LogP) is 0.282. The summed E-state index contributed by atoms with van der Waals surface area (Å²) in [6, 6.07) is 0. The molecule has 60 valence electrons. The number of nitrogens with one attached hydrogen (secondary N) is 1. The molecule has 0 bridgehead atoms. The monoisotopic (exact) mass is 151 g/mol. The zero-order valence-corrected chi connectivity index (χ0v) is 5.65. The summed E-state index contributed by atoms with van der Waals surface area (Å²) in [6.45, 7) is -0.0903. The molecule has 1 saturated heterocycles. The van der Waals surface area contributed by atoms with E-state index in [2.05, 4.69) is 5.32 Å². The topological polar surface area (TPSA) is 21.3 Å². The van der Waals surface area contributed by atoms with Crippen LogP contribution >= 0.6 is 0 Å². The third kappa shape index (κ3) is 1.88. The smallest absolute Gasteiger partial charge is 0.117 e. The van der Waals surface area contributed by atoms with Crippen molar-refractivity contribution in [1.82, 2.24) is 5.32 Å². The Kier molecular flexibility index (Phi) is 3.02. The quantitative estimate of drug-likeness (QED) is 0.612. The lowest BCUT2D eigenvalue weighted by Gasteiger charge is -2.27. The van der Waals surface area contributed by atoms with Crippen LogP contribution in [0.5, 0.6) is 0 Å². The molecule has 1 rings (SSSR count). The van der Waals surface area contributed by atoms with Gasteiger partial charge in [0.2, 0.25) is 0 Å². The molecule has 0 saturated carbocycles. The first-order chi connectivity index (χ1) is 4.86. The molecule has 1 N–H and O–H groups in total. The molecule has 2 atom stereocenters. The van der Waals surface area contributed by atoms with Crippen LogP contribution in [-0.4, -0.2) is 38.6 Å². The van der Waals surface area contributed by atoms with Crippen molar-refractivity contribution in [2.75, 3.05) is 26.4 Å². The zero-order chi connectivity index (χ0) is 7.40. The van der Waals surface area contributed by atoms with E-state index in [-0.39, 0.29) is 0 Å². The number of ether oxygens (including phenoxy) is 1. The van der Waals surface area contributed by atoms with E-state index >= 15 is 0 Å². The van der Waals surface area contributed by atoms with E-state index in [0.29, 0.717) is 13.1 Å². The Balaban J connectivity index is 2.25. The van der Waals surface area contributed by atoms with Gasteiger partial charge in [-0.2, -0.15) is 0 Å². The van der Waals surface area contributed by atoms with Crippen LogP contribution in [0.25, 0.3) is 0 Å².